The van der Waals surface area contributed by atoms with E-state index < -0.39 is 0 Å². The highest BCUT2D eigenvalue weighted by molar-refractivity contribution is 7.25. The Morgan fingerprint density at radius 1 is 0.533 bits per heavy atom. The molecule has 0 saturated carbocycles. The molecule has 0 unspecified atom stereocenters. The maximum absolute atomic E-state index is 2.46. The summed E-state index contributed by atoms with van der Waals surface area (Å²) >= 11 is 1.91. The van der Waals surface area contributed by atoms with Crippen LogP contribution in [-0.4, -0.2) is 0 Å². The van der Waals surface area contributed by atoms with Gasteiger partial charge in [-0.1, -0.05) is 115 Å². The summed E-state index contributed by atoms with van der Waals surface area (Å²) in [4.78, 5) is 0. The molecule has 7 aromatic rings. The minimum absolute atomic E-state index is 0.238. The van der Waals surface area contributed by atoms with Crippen LogP contribution in [0.4, 0.5) is 0 Å². The van der Waals surface area contributed by atoms with Crippen molar-refractivity contribution >= 4 is 37.1 Å². The molecule has 9 rings (SSSR count). The maximum atomic E-state index is 2.46. The lowest BCUT2D eigenvalue weighted by molar-refractivity contribution is 0.722. The fourth-order valence-electron chi connectivity index (χ4n) is 7.79. The second kappa shape index (κ2) is 10.3. The molecule has 0 fully saturated rings. The van der Waals surface area contributed by atoms with Crippen molar-refractivity contribution in [2.24, 2.45) is 0 Å². The normalized spacial score (nSPS) is 14.8. The van der Waals surface area contributed by atoms with Crippen LogP contribution in [0.25, 0.3) is 59.1 Å². The van der Waals surface area contributed by atoms with E-state index in [1.807, 2.05) is 11.3 Å². The molecule has 0 radical (unpaired) electrons. The third kappa shape index (κ3) is 4.11. The number of rotatable bonds is 4. The Hall–Kier alpha value is -4.98. The molecule has 0 nitrogen and oxygen atoms in total. The SMILES string of the molecule is CC1(c2cccc3sc4ccc(-c5cc(C6=CC=CCC6)cc(-c6ccccc6)c5)cc4c23)c2ccccc2-c2ccccc21. The minimum Gasteiger partial charge on any atom is -0.135 e. The van der Waals surface area contributed by atoms with Gasteiger partial charge in [0, 0.05) is 25.6 Å². The molecule has 45 heavy (non-hydrogen) atoms. The van der Waals surface area contributed by atoms with E-state index in [1.165, 1.54) is 81.4 Å². The summed E-state index contributed by atoms with van der Waals surface area (Å²) < 4.78 is 2.68. The number of thiophene rings is 1. The summed E-state index contributed by atoms with van der Waals surface area (Å²) in [5.74, 6) is 0. The molecule has 0 aliphatic heterocycles. The summed E-state index contributed by atoms with van der Waals surface area (Å²) in [6, 6.07) is 50.0. The van der Waals surface area contributed by atoms with E-state index in [-0.39, 0.29) is 5.41 Å². The second-order valence-electron chi connectivity index (χ2n) is 12.5. The van der Waals surface area contributed by atoms with Gasteiger partial charge in [0.25, 0.3) is 0 Å². The Labute approximate surface area is 268 Å². The molecule has 1 heteroatoms. The highest BCUT2D eigenvalue weighted by Gasteiger charge is 2.41. The predicted molar refractivity (Wildman–Crippen MR) is 194 cm³/mol. The number of hydrogen-bond donors (Lipinski definition) is 0. The van der Waals surface area contributed by atoms with Gasteiger partial charge < -0.3 is 0 Å². The Bertz CT molecular complexity index is 2280. The molecule has 0 bridgehead atoms. The lowest BCUT2D eigenvalue weighted by atomic mass is 9.73. The Balaban J connectivity index is 1.28. The molecule has 0 N–H and O–H groups in total. The highest BCUT2D eigenvalue weighted by Crippen LogP contribution is 2.55. The van der Waals surface area contributed by atoms with Crippen LogP contribution in [0.2, 0.25) is 0 Å². The number of allylic oxidation sites excluding steroid dienone is 4. The number of hydrogen-bond acceptors (Lipinski definition) is 1. The topological polar surface area (TPSA) is 0 Å². The maximum Gasteiger partial charge on any atom is 0.0442 e. The monoisotopic (exact) mass is 592 g/mol. The van der Waals surface area contributed by atoms with Crippen molar-refractivity contribution in [3.8, 4) is 33.4 Å². The molecule has 0 atom stereocenters. The third-order valence-electron chi connectivity index (χ3n) is 10.0. The molecule has 1 heterocycles. The summed E-state index contributed by atoms with van der Waals surface area (Å²) in [5.41, 5.74) is 14.4. The van der Waals surface area contributed by atoms with Crippen LogP contribution >= 0.6 is 11.3 Å². The van der Waals surface area contributed by atoms with E-state index in [4.69, 9.17) is 0 Å². The van der Waals surface area contributed by atoms with Crippen LogP contribution in [-0.2, 0) is 5.41 Å². The van der Waals surface area contributed by atoms with Crippen molar-refractivity contribution in [3.05, 3.63) is 174 Å². The molecule has 1 aromatic heterocycles. The first kappa shape index (κ1) is 26.4. The minimum atomic E-state index is -0.238. The number of benzene rings is 6. The van der Waals surface area contributed by atoms with Crippen LogP contribution in [0.15, 0.2) is 152 Å². The van der Waals surface area contributed by atoms with Crippen molar-refractivity contribution in [1.82, 2.24) is 0 Å². The largest absolute Gasteiger partial charge is 0.135 e. The average Bonchev–Trinajstić information content (AvgIpc) is 3.62. The van der Waals surface area contributed by atoms with Gasteiger partial charge in [0.05, 0.1) is 0 Å². The zero-order chi connectivity index (χ0) is 30.0. The lowest BCUT2D eigenvalue weighted by Crippen LogP contribution is -2.22. The molecule has 6 aromatic carbocycles. The summed E-state index contributed by atoms with van der Waals surface area (Å²) in [5, 5.41) is 2.73. The molecule has 214 valence electrons. The third-order valence-corrected chi connectivity index (χ3v) is 11.1. The fourth-order valence-corrected chi connectivity index (χ4v) is 8.90. The second-order valence-corrected chi connectivity index (χ2v) is 13.6. The van der Waals surface area contributed by atoms with Crippen LogP contribution in [0.5, 0.6) is 0 Å². The van der Waals surface area contributed by atoms with Crippen LogP contribution in [0, 0.1) is 0 Å². The van der Waals surface area contributed by atoms with Crippen molar-refractivity contribution in [3.63, 3.8) is 0 Å². The van der Waals surface area contributed by atoms with E-state index in [1.54, 1.807) is 0 Å². The van der Waals surface area contributed by atoms with Crippen LogP contribution < -0.4 is 0 Å². The van der Waals surface area contributed by atoms with Gasteiger partial charge in [-0.3, -0.25) is 0 Å². The first-order valence-corrected chi connectivity index (χ1v) is 16.7. The zero-order valence-corrected chi connectivity index (χ0v) is 26.1. The smallest absolute Gasteiger partial charge is 0.0442 e. The number of fused-ring (bicyclic) bond motifs is 6. The van der Waals surface area contributed by atoms with Gasteiger partial charge in [0.1, 0.15) is 0 Å². The van der Waals surface area contributed by atoms with Crippen LogP contribution in [0.1, 0.15) is 42.0 Å². The fraction of sp³-hybridized carbons (Fsp3) is 0.0909. The van der Waals surface area contributed by atoms with Gasteiger partial charge in [0.2, 0.25) is 0 Å². The zero-order valence-electron chi connectivity index (χ0n) is 25.3. The Morgan fingerprint density at radius 2 is 1.20 bits per heavy atom. The van der Waals surface area contributed by atoms with Gasteiger partial charge in [-0.05, 0) is 117 Å². The van der Waals surface area contributed by atoms with E-state index in [0.29, 0.717) is 0 Å². The summed E-state index contributed by atoms with van der Waals surface area (Å²) in [7, 11) is 0. The average molecular weight is 593 g/mol. The van der Waals surface area contributed by atoms with Gasteiger partial charge >= 0.3 is 0 Å². The van der Waals surface area contributed by atoms with Crippen molar-refractivity contribution in [2.75, 3.05) is 0 Å². The quantitative estimate of drug-likeness (QED) is 0.191. The van der Waals surface area contributed by atoms with Gasteiger partial charge in [0.15, 0.2) is 0 Å². The van der Waals surface area contributed by atoms with E-state index in [9.17, 15) is 0 Å². The molecule has 0 saturated heterocycles. The Morgan fingerprint density at radius 3 is 1.93 bits per heavy atom. The van der Waals surface area contributed by atoms with Gasteiger partial charge in [-0.15, -0.1) is 11.3 Å². The van der Waals surface area contributed by atoms with Gasteiger partial charge in [-0.2, -0.15) is 0 Å². The molecule has 0 amide bonds. The van der Waals surface area contributed by atoms with E-state index in [0.717, 1.165) is 12.8 Å². The lowest BCUT2D eigenvalue weighted by Gasteiger charge is -2.29. The molecule has 0 spiro atoms. The molecule has 2 aliphatic carbocycles. The standard InChI is InChI=1S/C44H32S/c1-44(38-19-10-8-17-35(38)36-18-9-11-20-39(36)44)40-21-12-22-42-43(40)37-28-31(23-24-41(37)45-42)34-26-32(29-13-4-2-5-14-29)25-33(27-34)30-15-6-3-7-16-30/h2-6,8-15,17-28H,7,16H2,1H3. The first-order chi connectivity index (χ1) is 22.2. The Kier molecular flexibility index (Phi) is 6.05. The van der Waals surface area contributed by atoms with E-state index in [2.05, 4.69) is 159 Å². The van der Waals surface area contributed by atoms with Crippen LogP contribution in [0.3, 0.4) is 0 Å². The van der Waals surface area contributed by atoms with E-state index >= 15 is 0 Å². The predicted octanol–water partition coefficient (Wildman–Crippen LogP) is 12.5. The van der Waals surface area contributed by atoms with Crippen molar-refractivity contribution < 1.29 is 0 Å². The highest BCUT2D eigenvalue weighted by atomic mass is 32.1. The summed E-state index contributed by atoms with van der Waals surface area (Å²) in [6.45, 7) is 2.43. The molecular weight excluding hydrogens is 561 g/mol. The molecular formula is C44H32S. The van der Waals surface area contributed by atoms with Gasteiger partial charge in [-0.25, -0.2) is 0 Å². The van der Waals surface area contributed by atoms with Crippen molar-refractivity contribution in [1.29, 1.82) is 0 Å². The summed E-state index contributed by atoms with van der Waals surface area (Å²) in [6.07, 6.45) is 8.93. The van der Waals surface area contributed by atoms with Crippen molar-refractivity contribution in [2.45, 2.75) is 25.2 Å². The first-order valence-electron chi connectivity index (χ1n) is 15.9. The molecule has 2 aliphatic rings.